The molecule has 1 saturated carbocycles. The Labute approximate surface area is 361 Å². The van der Waals surface area contributed by atoms with Crippen LogP contribution in [0.15, 0.2) is 36.5 Å². The second kappa shape index (κ2) is 17.8. The van der Waals surface area contributed by atoms with Crippen molar-refractivity contribution in [2.45, 2.75) is 88.3 Å². The van der Waals surface area contributed by atoms with E-state index >= 15 is 13.2 Å². The molecular weight excluding hydrogens is 826 g/mol. The van der Waals surface area contributed by atoms with Crippen LogP contribution >= 0.6 is 0 Å². The lowest BCUT2D eigenvalue weighted by atomic mass is 10.0. The van der Waals surface area contributed by atoms with E-state index in [1.165, 1.54) is 31.3 Å². The van der Waals surface area contributed by atoms with Gasteiger partial charge in [-0.05, 0) is 69.7 Å². The Morgan fingerprint density at radius 1 is 0.984 bits per heavy atom. The van der Waals surface area contributed by atoms with E-state index in [1.807, 2.05) is 0 Å². The van der Waals surface area contributed by atoms with Gasteiger partial charge in [0.15, 0.2) is 5.82 Å². The van der Waals surface area contributed by atoms with Crippen LogP contribution in [0.4, 0.5) is 42.0 Å². The molecule has 5 aliphatic rings. The van der Waals surface area contributed by atoms with Gasteiger partial charge < -0.3 is 35.4 Å². The van der Waals surface area contributed by atoms with Gasteiger partial charge in [0.2, 0.25) is 17.8 Å². The summed E-state index contributed by atoms with van der Waals surface area (Å²) in [6.07, 6.45) is 7.40. The maximum atomic E-state index is 15.6. The lowest BCUT2D eigenvalue weighted by Crippen LogP contribution is -2.54. The van der Waals surface area contributed by atoms with Crippen LogP contribution in [0.5, 0.6) is 5.75 Å². The number of nitrogens with one attached hydrogen (secondary N) is 4. The first-order chi connectivity index (χ1) is 30.2. The lowest BCUT2D eigenvalue weighted by molar-refractivity contribution is -0.140. The SMILES string of the molecule is COc1cc(C(=O)NC2CCN(CCCCNc3cccc4c3C(=O)N(C3CCC(=O)NC3=O)C4=O)CC2)c(F)cc1Nc1ncc2c(n1)N(C1CCCC1)CC(F)(F)C(=O)N2C. The Bertz CT molecular complexity index is 2340. The first-order valence-electron chi connectivity index (χ1n) is 21.3. The minimum absolute atomic E-state index is 0.0330. The highest BCUT2D eigenvalue weighted by Crippen LogP contribution is 2.40. The van der Waals surface area contributed by atoms with Gasteiger partial charge in [-0.2, -0.15) is 13.8 Å². The molecule has 3 fully saturated rings. The summed E-state index contributed by atoms with van der Waals surface area (Å²) in [4.78, 5) is 90.9. The van der Waals surface area contributed by atoms with Gasteiger partial charge in [0.25, 0.3) is 23.6 Å². The minimum atomic E-state index is -3.64. The number of likely N-dealkylation sites (tertiary alicyclic amines) is 1. The molecule has 0 bridgehead atoms. The van der Waals surface area contributed by atoms with E-state index in [4.69, 9.17) is 4.74 Å². The summed E-state index contributed by atoms with van der Waals surface area (Å²) >= 11 is 0. The topological polar surface area (TPSA) is 199 Å². The fourth-order valence-electron chi connectivity index (χ4n) is 9.13. The number of alkyl halides is 2. The van der Waals surface area contributed by atoms with E-state index in [9.17, 15) is 28.8 Å². The largest absolute Gasteiger partial charge is 0.495 e. The van der Waals surface area contributed by atoms with Crippen LogP contribution in [0, 0.1) is 5.82 Å². The molecule has 6 amide bonds. The molecule has 63 heavy (non-hydrogen) atoms. The van der Waals surface area contributed by atoms with E-state index in [0.29, 0.717) is 51.0 Å². The molecule has 2 saturated heterocycles. The van der Waals surface area contributed by atoms with Crippen molar-refractivity contribution >= 4 is 64.3 Å². The Morgan fingerprint density at radius 2 is 1.75 bits per heavy atom. The molecular formula is C43H49F3N10O7. The third kappa shape index (κ3) is 8.72. The first kappa shape index (κ1) is 43.3. The van der Waals surface area contributed by atoms with Crippen molar-refractivity contribution < 1.29 is 46.7 Å². The molecule has 20 heteroatoms. The fraction of sp³-hybridized carbons (Fsp3) is 0.488. The van der Waals surface area contributed by atoms with E-state index in [-0.39, 0.29) is 70.5 Å². The third-order valence-electron chi connectivity index (χ3n) is 12.5. The summed E-state index contributed by atoms with van der Waals surface area (Å²) in [5, 5.41) is 11.3. The number of anilines is 5. The van der Waals surface area contributed by atoms with Gasteiger partial charge in [-0.15, -0.1) is 0 Å². The van der Waals surface area contributed by atoms with E-state index < -0.39 is 59.8 Å². The summed E-state index contributed by atoms with van der Waals surface area (Å²) in [6.45, 7) is 1.93. The van der Waals surface area contributed by atoms with Crippen molar-refractivity contribution in [2.75, 3.05) is 67.3 Å². The van der Waals surface area contributed by atoms with Gasteiger partial charge in [0.1, 0.15) is 23.3 Å². The molecule has 1 aromatic heterocycles. The molecule has 3 aromatic rings. The number of fused-ring (bicyclic) bond motifs is 2. The quantitative estimate of drug-likeness (QED) is 0.141. The van der Waals surface area contributed by atoms with E-state index in [1.54, 1.807) is 18.2 Å². The van der Waals surface area contributed by atoms with Crippen LogP contribution in [-0.2, 0) is 14.4 Å². The number of carbonyl (C=O) groups is 6. The number of unbranched alkanes of at least 4 members (excludes halogenated alkanes) is 1. The highest BCUT2D eigenvalue weighted by molar-refractivity contribution is 6.25. The zero-order valence-corrected chi connectivity index (χ0v) is 35.0. The summed E-state index contributed by atoms with van der Waals surface area (Å²) in [6, 6.07) is 5.87. The molecule has 0 spiro atoms. The Kier molecular flexibility index (Phi) is 12.3. The van der Waals surface area contributed by atoms with Crippen LogP contribution in [0.2, 0.25) is 0 Å². The minimum Gasteiger partial charge on any atom is -0.495 e. The van der Waals surface area contributed by atoms with Gasteiger partial charge in [-0.25, -0.2) is 9.37 Å². The Hall–Kier alpha value is -6.31. The monoisotopic (exact) mass is 874 g/mol. The van der Waals surface area contributed by atoms with Gasteiger partial charge in [0, 0.05) is 56.9 Å². The molecule has 1 atom stereocenters. The van der Waals surface area contributed by atoms with Crippen LogP contribution in [0.1, 0.15) is 95.3 Å². The highest BCUT2D eigenvalue weighted by Gasteiger charge is 2.49. The summed E-state index contributed by atoms with van der Waals surface area (Å²) in [7, 11) is 2.62. The van der Waals surface area contributed by atoms with Crippen molar-refractivity contribution in [2.24, 2.45) is 0 Å². The summed E-state index contributed by atoms with van der Waals surface area (Å²) in [5.74, 6) is -8.37. The van der Waals surface area contributed by atoms with Crippen molar-refractivity contribution in [1.29, 1.82) is 0 Å². The number of aromatic nitrogens is 2. The number of rotatable bonds is 13. The van der Waals surface area contributed by atoms with Crippen molar-refractivity contribution in [3.63, 3.8) is 0 Å². The van der Waals surface area contributed by atoms with Crippen LogP contribution in [0.3, 0.4) is 0 Å². The summed E-state index contributed by atoms with van der Waals surface area (Å²) < 4.78 is 51.2. The van der Waals surface area contributed by atoms with Crippen LogP contribution in [-0.4, -0.2) is 126 Å². The molecule has 4 aliphatic heterocycles. The molecule has 8 rings (SSSR count). The number of carbonyl (C=O) groups excluding carboxylic acids is 6. The number of amides is 6. The molecule has 4 N–H and O–H groups in total. The number of benzene rings is 2. The standard InChI is InChI=1S/C43H49F3N10O7/c1-53-32-22-48-42(52-36(32)55(25-8-3-4-9-25)23-43(45,46)41(53)62)50-30-21-28(44)27(20-33(30)63-2)37(58)49-24-14-18-54(19-15-24)17-6-5-16-47-29-11-7-10-26-35(29)40(61)56(39(26)60)31-12-13-34(57)51-38(31)59/h7,10-11,20-22,24-25,31,47H,3-6,8-9,12-19,23H2,1-2H3,(H,49,58)(H,48,50,52)(H,51,57,59). The number of nitrogens with zero attached hydrogens (tertiary/aromatic N) is 6. The highest BCUT2D eigenvalue weighted by atomic mass is 19.3. The van der Waals surface area contributed by atoms with Gasteiger partial charge in [-0.3, -0.25) is 39.0 Å². The number of imide groups is 2. The normalized spacial score (nSPS) is 20.7. The average molecular weight is 875 g/mol. The second-order valence-corrected chi connectivity index (χ2v) is 16.6. The van der Waals surface area contributed by atoms with E-state index in [2.05, 4.69) is 36.1 Å². The number of hydrogen-bond acceptors (Lipinski definition) is 13. The molecule has 17 nitrogen and oxygen atoms in total. The first-order valence-corrected chi connectivity index (χ1v) is 21.3. The molecule has 334 valence electrons. The number of methoxy groups -OCH3 is 1. The van der Waals surface area contributed by atoms with Crippen LogP contribution in [0.25, 0.3) is 0 Å². The Balaban J connectivity index is 0.821. The zero-order chi connectivity index (χ0) is 44.6. The molecule has 0 radical (unpaired) electrons. The molecule has 1 aliphatic carbocycles. The number of halogens is 3. The van der Waals surface area contributed by atoms with Crippen molar-refractivity contribution in [3.05, 3.63) is 59.0 Å². The van der Waals surface area contributed by atoms with Crippen molar-refractivity contribution in [1.82, 2.24) is 30.4 Å². The third-order valence-corrected chi connectivity index (χ3v) is 12.5. The summed E-state index contributed by atoms with van der Waals surface area (Å²) in [5.41, 5.74) is 0.963. The smallest absolute Gasteiger partial charge is 0.342 e. The van der Waals surface area contributed by atoms with Gasteiger partial charge in [0.05, 0.1) is 42.2 Å². The second-order valence-electron chi connectivity index (χ2n) is 16.6. The molecule has 1 unspecified atom stereocenters. The van der Waals surface area contributed by atoms with Crippen molar-refractivity contribution in [3.8, 4) is 5.75 Å². The predicted molar refractivity (Wildman–Crippen MR) is 224 cm³/mol. The average Bonchev–Trinajstić information content (AvgIpc) is 3.88. The number of ether oxygens (including phenoxy) is 1. The van der Waals surface area contributed by atoms with Gasteiger partial charge >= 0.3 is 5.92 Å². The zero-order valence-electron chi connectivity index (χ0n) is 35.0. The maximum absolute atomic E-state index is 15.6. The fourth-order valence-corrected chi connectivity index (χ4v) is 9.13. The van der Waals surface area contributed by atoms with Gasteiger partial charge in [-0.1, -0.05) is 18.9 Å². The number of piperidine rings is 2. The molecule has 2 aromatic carbocycles. The molecule has 5 heterocycles. The lowest BCUT2D eigenvalue weighted by Gasteiger charge is -2.32. The van der Waals surface area contributed by atoms with E-state index in [0.717, 1.165) is 48.1 Å². The number of hydrogen-bond donors (Lipinski definition) is 4. The Morgan fingerprint density at radius 3 is 2.48 bits per heavy atom. The maximum Gasteiger partial charge on any atom is 0.342 e. The predicted octanol–water partition coefficient (Wildman–Crippen LogP) is 4.22. The van der Waals surface area contributed by atoms with Crippen LogP contribution < -0.4 is 35.8 Å².